The van der Waals surface area contributed by atoms with Gasteiger partial charge in [-0.15, -0.1) is 0 Å². The highest BCUT2D eigenvalue weighted by Crippen LogP contribution is 2.36. The first-order valence-electron chi connectivity index (χ1n) is 11.6. The van der Waals surface area contributed by atoms with Crippen LogP contribution >= 0.6 is 0 Å². The van der Waals surface area contributed by atoms with Gasteiger partial charge in [-0.1, -0.05) is 31.4 Å². The minimum Gasteiger partial charge on any atom is -0.344 e. The smallest absolute Gasteiger partial charge is 0.344 e. The molecule has 1 saturated heterocycles. The van der Waals surface area contributed by atoms with Gasteiger partial charge >= 0.3 is 6.18 Å². The van der Waals surface area contributed by atoms with E-state index in [9.17, 15) is 26.4 Å². The van der Waals surface area contributed by atoms with Crippen molar-refractivity contribution in [1.29, 1.82) is 0 Å². The highest BCUT2D eigenvalue weighted by Gasteiger charge is 2.40. The first-order valence-corrected chi connectivity index (χ1v) is 13.1. The average molecular weight is 490 g/mol. The van der Waals surface area contributed by atoms with E-state index in [-0.39, 0.29) is 24.9 Å². The third kappa shape index (κ3) is 6.27. The molecule has 33 heavy (non-hydrogen) atoms. The Labute approximate surface area is 194 Å². The molecule has 0 aromatic heterocycles. The van der Waals surface area contributed by atoms with Crippen molar-refractivity contribution in [2.75, 3.05) is 40.3 Å². The molecule has 186 valence electrons. The third-order valence-electron chi connectivity index (χ3n) is 6.98. The molecule has 1 aromatic rings. The number of benzene rings is 1. The van der Waals surface area contributed by atoms with E-state index < -0.39 is 26.7 Å². The van der Waals surface area contributed by atoms with E-state index in [4.69, 9.17) is 0 Å². The number of piperidine rings is 1. The summed E-state index contributed by atoms with van der Waals surface area (Å²) in [5.41, 5.74) is -1.16. The number of carbonyl (C=O) groups is 1. The number of halogens is 3. The number of rotatable bonds is 7. The molecule has 0 unspecified atom stereocenters. The van der Waals surface area contributed by atoms with Gasteiger partial charge in [-0.3, -0.25) is 4.79 Å². The maximum atomic E-state index is 13.3. The van der Waals surface area contributed by atoms with Crippen LogP contribution in [0.25, 0.3) is 0 Å². The first-order chi connectivity index (χ1) is 15.5. The molecule has 3 rings (SSSR count). The minimum absolute atomic E-state index is 0.0280. The van der Waals surface area contributed by atoms with Gasteiger partial charge in [-0.2, -0.15) is 17.5 Å². The maximum Gasteiger partial charge on any atom is 0.417 e. The average Bonchev–Trinajstić information content (AvgIpc) is 2.82. The van der Waals surface area contributed by atoms with Gasteiger partial charge in [0.25, 0.3) is 0 Å². The van der Waals surface area contributed by atoms with Crippen molar-refractivity contribution in [2.24, 2.45) is 5.92 Å². The molecule has 1 aliphatic heterocycles. The Bertz CT molecular complexity index is 909. The number of carbonyl (C=O) groups excluding carboxylic acids is 1. The van der Waals surface area contributed by atoms with Crippen LogP contribution in [0.1, 0.15) is 50.5 Å². The lowest BCUT2D eigenvalue weighted by Crippen LogP contribution is -2.45. The molecule has 2 fully saturated rings. The molecule has 2 aliphatic rings. The second-order valence-corrected chi connectivity index (χ2v) is 11.1. The Morgan fingerprint density at radius 1 is 1.00 bits per heavy atom. The van der Waals surface area contributed by atoms with Crippen molar-refractivity contribution in [3.63, 3.8) is 0 Å². The molecule has 1 aromatic carbocycles. The number of alkyl halides is 3. The van der Waals surface area contributed by atoms with Crippen LogP contribution in [-0.2, 0) is 21.0 Å². The van der Waals surface area contributed by atoms with Gasteiger partial charge in [0, 0.05) is 45.2 Å². The van der Waals surface area contributed by atoms with Crippen LogP contribution in [-0.4, -0.2) is 74.7 Å². The Morgan fingerprint density at radius 2 is 1.61 bits per heavy atom. The standard InChI is InChI=1S/C23H34F3N3O3S/c1-27(19-8-4-3-5-9-19)16-17-28(2)22(30)18-12-14-29(15-13-18)33(31,32)21-11-7-6-10-20(21)23(24,25)26/h6-7,10-11,18-19H,3-5,8-9,12-17H2,1-2H3. The molecule has 0 radical (unpaired) electrons. The van der Waals surface area contributed by atoms with Crippen molar-refractivity contribution >= 4 is 15.9 Å². The van der Waals surface area contributed by atoms with Crippen LogP contribution < -0.4 is 0 Å². The fraction of sp³-hybridized carbons (Fsp3) is 0.696. The third-order valence-corrected chi connectivity index (χ3v) is 8.93. The Kier molecular flexibility index (Phi) is 8.45. The number of hydrogen-bond acceptors (Lipinski definition) is 4. The summed E-state index contributed by atoms with van der Waals surface area (Å²) in [5, 5.41) is 0. The van der Waals surface area contributed by atoms with Crippen LogP contribution in [0.15, 0.2) is 29.2 Å². The number of amides is 1. The highest BCUT2D eigenvalue weighted by molar-refractivity contribution is 7.89. The van der Waals surface area contributed by atoms with Crippen LogP contribution in [0, 0.1) is 5.92 Å². The van der Waals surface area contributed by atoms with Gasteiger partial charge in [0.2, 0.25) is 15.9 Å². The summed E-state index contributed by atoms with van der Waals surface area (Å²) in [6.07, 6.45) is 2.02. The summed E-state index contributed by atoms with van der Waals surface area (Å²) >= 11 is 0. The van der Waals surface area contributed by atoms with Gasteiger partial charge in [-0.25, -0.2) is 8.42 Å². The van der Waals surface area contributed by atoms with E-state index in [2.05, 4.69) is 11.9 Å². The normalized spacial score (nSPS) is 19.7. The zero-order chi connectivity index (χ0) is 24.2. The number of nitrogens with zero attached hydrogens (tertiary/aromatic N) is 3. The van der Waals surface area contributed by atoms with Gasteiger partial charge in [0.1, 0.15) is 0 Å². The van der Waals surface area contributed by atoms with E-state index in [0.29, 0.717) is 25.4 Å². The fourth-order valence-corrected chi connectivity index (χ4v) is 6.52. The van der Waals surface area contributed by atoms with Crippen LogP contribution in [0.5, 0.6) is 0 Å². The first kappa shape index (κ1) is 26.0. The second kappa shape index (κ2) is 10.7. The van der Waals surface area contributed by atoms with E-state index >= 15 is 0 Å². The topological polar surface area (TPSA) is 60.9 Å². The Balaban J connectivity index is 1.55. The summed E-state index contributed by atoms with van der Waals surface area (Å²) in [6, 6.07) is 4.80. The minimum atomic E-state index is -4.76. The molecule has 0 N–H and O–H groups in total. The molecule has 6 nitrogen and oxygen atoms in total. The highest BCUT2D eigenvalue weighted by atomic mass is 32.2. The number of likely N-dealkylation sites (N-methyl/N-ethyl adjacent to an activating group) is 2. The molecule has 0 bridgehead atoms. The van der Waals surface area contributed by atoms with Crippen molar-refractivity contribution in [2.45, 2.75) is 62.1 Å². The lowest BCUT2D eigenvalue weighted by Gasteiger charge is -2.35. The molecule has 0 spiro atoms. The number of sulfonamides is 1. The second-order valence-electron chi connectivity index (χ2n) is 9.20. The molecule has 1 heterocycles. The number of hydrogen-bond donors (Lipinski definition) is 0. The van der Waals surface area contributed by atoms with Crippen molar-refractivity contribution in [1.82, 2.24) is 14.1 Å². The lowest BCUT2D eigenvalue weighted by atomic mass is 9.94. The van der Waals surface area contributed by atoms with E-state index in [0.717, 1.165) is 23.0 Å². The molecule has 1 amide bonds. The molecule has 1 aliphatic carbocycles. The predicted molar refractivity (Wildman–Crippen MR) is 120 cm³/mol. The maximum absolute atomic E-state index is 13.3. The predicted octanol–water partition coefficient (Wildman–Crippen LogP) is 3.83. The van der Waals surface area contributed by atoms with E-state index in [1.807, 2.05) is 0 Å². The van der Waals surface area contributed by atoms with Crippen LogP contribution in [0.3, 0.4) is 0 Å². The van der Waals surface area contributed by atoms with Crippen molar-refractivity contribution in [3.8, 4) is 0 Å². The Morgan fingerprint density at radius 3 is 2.21 bits per heavy atom. The summed E-state index contributed by atoms with van der Waals surface area (Å²) in [7, 11) is -0.440. The largest absolute Gasteiger partial charge is 0.417 e. The fourth-order valence-electron chi connectivity index (χ4n) is 4.84. The molecular formula is C23H34F3N3O3S. The zero-order valence-electron chi connectivity index (χ0n) is 19.4. The molecular weight excluding hydrogens is 455 g/mol. The SMILES string of the molecule is CN(CCN(C)C1CCCCC1)C(=O)C1CCN(S(=O)(=O)c2ccccc2C(F)(F)F)CC1. The van der Waals surface area contributed by atoms with Gasteiger partial charge in [0.15, 0.2) is 0 Å². The molecule has 10 heteroatoms. The van der Waals surface area contributed by atoms with E-state index in [1.54, 1.807) is 11.9 Å². The summed E-state index contributed by atoms with van der Waals surface area (Å²) in [4.78, 5) is 16.2. The van der Waals surface area contributed by atoms with Gasteiger partial charge in [-0.05, 0) is 44.9 Å². The van der Waals surface area contributed by atoms with Crippen LogP contribution in [0.2, 0.25) is 0 Å². The Hall–Kier alpha value is -1.65. The van der Waals surface area contributed by atoms with Crippen molar-refractivity contribution in [3.05, 3.63) is 29.8 Å². The monoisotopic (exact) mass is 489 g/mol. The molecule has 0 atom stereocenters. The zero-order valence-corrected chi connectivity index (χ0v) is 20.2. The van der Waals surface area contributed by atoms with Crippen molar-refractivity contribution < 1.29 is 26.4 Å². The lowest BCUT2D eigenvalue weighted by molar-refractivity contribution is -0.140. The van der Waals surface area contributed by atoms with Crippen LogP contribution in [0.4, 0.5) is 13.2 Å². The summed E-state index contributed by atoms with van der Waals surface area (Å²) < 4.78 is 66.8. The summed E-state index contributed by atoms with van der Waals surface area (Å²) in [6.45, 7) is 1.44. The van der Waals surface area contributed by atoms with Gasteiger partial charge < -0.3 is 9.80 Å². The summed E-state index contributed by atoms with van der Waals surface area (Å²) in [5.74, 6) is -0.348. The molecule has 1 saturated carbocycles. The van der Waals surface area contributed by atoms with E-state index in [1.165, 1.54) is 44.2 Å². The van der Waals surface area contributed by atoms with Gasteiger partial charge in [0.05, 0.1) is 10.5 Å². The quantitative estimate of drug-likeness (QED) is 0.584.